The molecule has 8 heteroatoms. The topological polar surface area (TPSA) is 90.5 Å². The van der Waals surface area contributed by atoms with Gasteiger partial charge in [0, 0.05) is 31.8 Å². The molecule has 2 atom stereocenters. The van der Waals surface area contributed by atoms with Crippen molar-refractivity contribution in [2.75, 3.05) is 37.7 Å². The van der Waals surface area contributed by atoms with Gasteiger partial charge < -0.3 is 25.0 Å². The largest absolute Gasteiger partial charge is 0.388 e. The molecule has 3 heterocycles. The van der Waals surface area contributed by atoms with Gasteiger partial charge in [-0.3, -0.25) is 4.79 Å². The molecular formula is C19H32N4O3S. The first-order valence-electron chi connectivity index (χ1n) is 9.82. The van der Waals surface area contributed by atoms with Crippen LogP contribution in [0.25, 0.3) is 0 Å². The molecule has 0 unspecified atom stereocenters. The van der Waals surface area contributed by atoms with Gasteiger partial charge in [-0.1, -0.05) is 6.92 Å². The third kappa shape index (κ3) is 4.85. The van der Waals surface area contributed by atoms with E-state index in [1.807, 2.05) is 25.6 Å². The van der Waals surface area contributed by atoms with Crippen LogP contribution in [0.4, 0.5) is 0 Å². The summed E-state index contributed by atoms with van der Waals surface area (Å²) in [5.41, 5.74) is -0.557. The van der Waals surface area contributed by atoms with Gasteiger partial charge in [-0.05, 0) is 32.4 Å². The lowest BCUT2D eigenvalue weighted by Gasteiger charge is -2.52. The van der Waals surface area contributed by atoms with E-state index in [1.165, 1.54) is 11.9 Å². The van der Waals surface area contributed by atoms with E-state index in [0.29, 0.717) is 17.9 Å². The molecule has 0 saturated carbocycles. The number of carbonyl (C=O) groups is 1. The fourth-order valence-corrected chi connectivity index (χ4v) is 4.79. The second-order valence-electron chi connectivity index (χ2n) is 7.98. The SMILES string of the molecule is CCSCCN1CCC2(CC1)C[C@@](C)(NC(=O)c1cnc(C)[nH]1)[C@H](O)CO2. The zero-order valence-corrected chi connectivity index (χ0v) is 17.4. The van der Waals surface area contributed by atoms with Gasteiger partial charge in [-0.15, -0.1) is 0 Å². The van der Waals surface area contributed by atoms with Crippen LogP contribution in [0.3, 0.4) is 0 Å². The Bertz CT molecular complexity index is 645. The van der Waals surface area contributed by atoms with Crippen LogP contribution in [-0.2, 0) is 4.74 Å². The number of likely N-dealkylation sites (tertiary alicyclic amines) is 1. The maximum atomic E-state index is 12.6. The van der Waals surface area contributed by atoms with Crippen LogP contribution in [0.1, 0.15) is 49.4 Å². The van der Waals surface area contributed by atoms with Crippen molar-refractivity contribution >= 4 is 17.7 Å². The first kappa shape index (κ1) is 20.6. The van der Waals surface area contributed by atoms with Crippen LogP contribution in [0.5, 0.6) is 0 Å². The summed E-state index contributed by atoms with van der Waals surface area (Å²) in [5.74, 6) is 2.79. The maximum absolute atomic E-state index is 12.6. The molecule has 1 spiro atoms. The number of imidazole rings is 1. The lowest BCUT2D eigenvalue weighted by atomic mass is 9.74. The number of H-pyrrole nitrogens is 1. The van der Waals surface area contributed by atoms with Crippen molar-refractivity contribution in [3.8, 4) is 0 Å². The third-order valence-corrected chi connectivity index (χ3v) is 6.72. The highest BCUT2D eigenvalue weighted by Crippen LogP contribution is 2.39. The van der Waals surface area contributed by atoms with E-state index in [1.54, 1.807) is 0 Å². The Morgan fingerprint density at radius 3 is 2.89 bits per heavy atom. The van der Waals surface area contributed by atoms with Crippen molar-refractivity contribution in [1.29, 1.82) is 0 Å². The summed E-state index contributed by atoms with van der Waals surface area (Å²) in [7, 11) is 0. The molecule has 0 aliphatic carbocycles. The van der Waals surface area contributed by atoms with Crippen molar-refractivity contribution in [3.63, 3.8) is 0 Å². The highest BCUT2D eigenvalue weighted by atomic mass is 32.2. The molecule has 1 aromatic heterocycles. The molecule has 7 nitrogen and oxygen atoms in total. The number of aromatic nitrogens is 2. The summed E-state index contributed by atoms with van der Waals surface area (Å²) < 4.78 is 6.13. The molecule has 3 rings (SSSR count). The van der Waals surface area contributed by atoms with E-state index in [4.69, 9.17) is 4.74 Å². The average molecular weight is 397 g/mol. The standard InChI is InChI=1S/C19H32N4O3S/c1-4-27-10-9-23-7-5-19(6-8-23)13-18(3,16(24)12-26-19)22-17(25)15-11-20-14(2)21-15/h11,16,24H,4-10,12-13H2,1-3H3,(H,20,21)(H,22,25)/t16-,18-/m1/s1. The van der Waals surface area contributed by atoms with Crippen LogP contribution in [0.15, 0.2) is 6.20 Å². The number of carbonyl (C=O) groups excluding carboxylic acids is 1. The number of aliphatic hydroxyl groups is 1. The first-order valence-corrected chi connectivity index (χ1v) is 11.0. The lowest BCUT2D eigenvalue weighted by Crippen LogP contribution is -2.65. The second kappa shape index (κ2) is 8.51. The van der Waals surface area contributed by atoms with Crippen LogP contribution >= 0.6 is 11.8 Å². The van der Waals surface area contributed by atoms with Crippen molar-refractivity contribution in [1.82, 2.24) is 20.2 Å². The number of hydrogen-bond donors (Lipinski definition) is 3. The average Bonchev–Trinajstić information content (AvgIpc) is 3.07. The molecule has 2 aliphatic rings. The third-order valence-electron chi connectivity index (χ3n) is 5.84. The number of aryl methyl sites for hydroxylation is 1. The van der Waals surface area contributed by atoms with Gasteiger partial charge in [0.05, 0.1) is 23.9 Å². The van der Waals surface area contributed by atoms with Crippen LogP contribution < -0.4 is 5.32 Å². The second-order valence-corrected chi connectivity index (χ2v) is 9.37. The Morgan fingerprint density at radius 2 is 2.26 bits per heavy atom. The quantitative estimate of drug-likeness (QED) is 0.633. The number of aliphatic hydroxyl groups excluding tert-OH is 1. The number of ether oxygens (including phenoxy) is 1. The number of nitrogens with zero attached hydrogens (tertiary/aromatic N) is 2. The molecule has 2 saturated heterocycles. The normalized spacial score (nSPS) is 28.4. The van der Waals surface area contributed by atoms with Crippen molar-refractivity contribution in [2.24, 2.45) is 0 Å². The summed E-state index contributed by atoms with van der Waals surface area (Å²) in [5, 5.41) is 13.6. The highest BCUT2D eigenvalue weighted by molar-refractivity contribution is 7.99. The van der Waals surface area contributed by atoms with Gasteiger partial charge in [0.1, 0.15) is 17.6 Å². The number of nitrogens with one attached hydrogen (secondary N) is 2. The van der Waals surface area contributed by atoms with Crippen molar-refractivity contribution < 1.29 is 14.6 Å². The van der Waals surface area contributed by atoms with Gasteiger partial charge in [0.25, 0.3) is 5.91 Å². The minimum atomic E-state index is -0.727. The molecule has 2 aliphatic heterocycles. The number of rotatable bonds is 6. The van der Waals surface area contributed by atoms with Crippen molar-refractivity contribution in [3.05, 3.63) is 17.7 Å². The zero-order chi connectivity index (χ0) is 19.5. The van der Waals surface area contributed by atoms with E-state index >= 15 is 0 Å². The molecule has 27 heavy (non-hydrogen) atoms. The number of piperidine rings is 1. The van der Waals surface area contributed by atoms with Crippen LogP contribution in [-0.4, -0.2) is 80.9 Å². The van der Waals surface area contributed by atoms with E-state index in [2.05, 4.69) is 27.1 Å². The Balaban J connectivity index is 1.61. The summed E-state index contributed by atoms with van der Waals surface area (Å²) in [4.78, 5) is 22.1. The zero-order valence-electron chi connectivity index (χ0n) is 16.6. The molecule has 2 fully saturated rings. The predicted octanol–water partition coefficient (Wildman–Crippen LogP) is 1.58. The summed E-state index contributed by atoms with van der Waals surface area (Å²) >= 11 is 1.97. The molecule has 3 N–H and O–H groups in total. The molecular weight excluding hydrogens is 364 g/mol. The predicted molar refractivity (Wildman–Crippen MR) is 107 cm³/mol. The fraction of sp³-hybridized carbons (Fsp3) is 0.789. The summed E-state index contributed by atoms with van der Waals surface area (Å²) in [6.07, 6.45) is 3.30. The Morgan fingerprint density at radius 1 is 1.52 bits per heavy atom. The fourth-order valence-electron chi connectivity index (χ4n) is 4.11. The number of hydrogen-bond acceptors (Lipinski definition) is 6. The molecule has 1 amide bonds. The molecule has 152 valence electrons. The van der Waals surface area contributed by atoms with Gasteiger partial charge in [-0.2, -0.15) is 11.8 Å². The first-order chi connectivity index (χ1) is 12.9. The molecule has 1 aromatic rings. The minimum absolute atomic E-state index is 0.233. The molecule has 0 radical (unpaired) electrons. The van der Waals surface area contributed by atoms with Gasteiger partial charge in [0.15, 0.2) is 0 Å². The van der Waals surface area contributed by atoms with E-state index < -0.39 is 11.6 Å². The minimum Gasteiger partial charge on any atom is -0.388 e. The van der Waals surface area contributed by atoms with E-state index in [-0.39, 0.29) is 18.1 Å². The van der Waals surface area contributed by atoms with Crippen LogP contribution in [0, 0.1) is 6.92 Å². The van der Waals surface area contributed by atoms with Crippen molar-refractivity contribution in [2.45, 2.75) is 57.3 Å². The van der Waals surface area contributed by atoms with Gasteiger partial charge in [0.2, 0.25) is 0 Å². The Hall–Kier alpha value is -1.09. The van der Waals surface area contributed by atoms with Gasteiger partial charge in [-0.25, -0.2) is 4.98 Å². The summed E-state index contributed by atoms with van der Waals surface area (Å²) in [6, 6.07) is 0. The Labute approximate surface area is 165 Å². The number of thioether (sulfide) groups is 1. The monoisotopic (exact) mass is 396 g/mol. The lowest BCUT2D eigenvalue weighted by molar-refractivity contribution is -0.177. The number of aromatic amines is 1. The molecule has 0 aromatic carbocycles. The number of amides is 1. The van der Waals surface area contributed by atoms with Crippen LogP contribution in [0.2, 0.25) is 0 Å². The summed E-state index contributed by atoms with van der Waals surface area (Å²) in [6.45, 7) is 9.30. The smallest absolute Gasteiger partial charge is 0.269 e. The molecule has 0 bridgehead atoms. The van der Waals surface area contributed by atoms with E-state index in [0.717, 1.165) is 38.2 Å². The van der Waals surface area contributed by atoms with Gasteiger partial charge >= 0.3 is 0 Å². The maximum Gasteiger partial charge on any atom is 0.269 e. The van der Waals surface area contributed by atoms with E-state index in [9.17, 15) is 9.90 Å². The highest BCUT2D eigenvalue weighted by Gasteiger charge is 2.50. The Kier molecular flexibility index (Phi) is 6.50.